The second-order valence-corrected chi connectivity index (χ2v) is 3.30. The Kier molecular flexibility index (Phi) is 2.87. The number of amides is 1. The highest BCUT2D eigenvalue weighted by Gasteiger charge is 2.30. The van der Waals surface area contributed by atoms with Gasteiger partial charge < -0.3 is 20.5 Å². The van der Waals surface area contributed by atoms with Crippen LogP contribution in [-0.4, -0.2) is 35.4 Å². The monoisotopic (exact) mass is 185 g/mol. The molecule has 2 N–H and O–H groups in total. The SMILES string of the molecule is CC(N)C(=O)N1CCCC1C(=O)[O-]. The Morgan fingerprint density at radius 2 is 2.23 bits per heavy atom. The van der Waals surface area contributed by atoms with Crippen molar-refractivity contribution in [1.82, 2.24) is 4.90 Å². The van der Waals surface area contributed by atoms with Crippen molar-refractivity contribution in [2.24, 2.45) is 5.73 Å². The van der Waals surface area contributed by atoms with E-state index in [1.807, 2.05) is 0 Å². The molecule has 0 spiro atoms. The number of aliphatic carboxylic acids is 1. The molecule has 0 aliphatic carbocycles. The van der Waals surface area contributed by atoms with Crippen molar-refractivity contribution in [3.05, 3.63) is 0 Å². The second kappa shape index (κ2) is 3.74. The molecule has 13 heavy (non-hydrogen) atoms. The largest absolute Gasteiger partial charge is 0.548 e. The summed E-state index contributed by atoms with van der Waals surface area (Å²) in [5.74, 6) is -1.50. The fourth-order valence-electron chi connectivity index (χ4n) is 1.54. The fourth-order valence-corrected chi connectivity index (χ4v) is 1.54. The molecule has 74 valence electrons. The zero-order valence-electron chi connectivity index (χ0n) is 7.53. The molecule has 0 aromatic carbocycles. The minimum absolute atomic E-state index is 0.313. The summed E-state index contributed by atoms with van der Waals surface area (Å²) in [5, 5.41) is 10.6. The molecule has 1 rings (SSSR count). The molecule has 0 saturated carbocycles. The van der Waals surface area contributed by atoms with E-state index in [0.717, 1.165) is 0 Å². The maximum Gasteiger partial charge on any atom is 0.239 e. The summed E-state index contributed by atoms with van der Waals surface area (Å²) in [4.78, 5) is 23.3. The zero-order chi connectivity index (χ0) is 10.0. The van der Waals surface area contributed by atoms with Crippen LogP contribution >= 0.6 is 0 Å². The summed E-state index contributed by atoms with van der Waals surface area (Å²) >= 11 is 0. The molecule has 5 heteroatoms. The summed E-state index contributed by atoms with van der Waals surface area (Å²) in [6.45, 7) is 2.02. The van der Waals surface area contributed by atoms with E-state index in [-0.39, 0.29) is 5.91 Å². The summed E-state index contributed by atoms with van der Waals surface area (Å²) in [5.41, 5.74) is 5.37. The molecule has 2 atom stereocenters. The van der Waals surface area contributed by atoms with Crippen molar-refractivity contribution in [3.8, 4) is 0 Å². The Morgan fingerprint density at radius 1 is 1.62 bits per heavy atom. The van der Waals surface area contributed by atoms with Crippen LogP contribution in [0.3, 0.4) is 0 Å². The second-order valence-electron chi connectivity index (χ2n) is 3.30. The highest BCUT2D eigenvalue weighted by Crippen LogP contribution is 2.17. The molecule has 0 radical (unpaired) electrons. The lowest BCUT2D eigenvalue weighted by atomic mass is 10.2. The predicted molar refractivity (Wildman–Crippen MR) is 43.4 cm³/mol. The van der Waals surface area contributed by atoms with Crippen molar-refractivity contribution >= 4 is 11.9 Å². The first kappa shape index (κ1) is 9.98. The van der Waals surface area contributed by atoms with Gasteiger partial charge in [0.25, 0.3) is 0 Å². The average molecular weight is 185 g/mol. The normalized spacial score (nSPS) is 24.5. The van der Waals surface area contributed by atoms with Crippen molar-refractivity contribution in [2.75, 3.05) is 6.54 Å². The Bertz CT molecular complexity index is 227. The Balaban J connectivity index is 2.68. The molecule has 5 nitrogen and oxygen atoms in total. The van der Waals surface area contributed by atoms with E-state index < -0.39 is 18.1 Å². The van der Waals surface area contributed by atoms with Crippen LogP contribution in [0.5, 0.6) is 0 Å². The number of likely N-dealkylation sites (tertiary alicyclic amines) is 1. The molecule has 1 heterocycles. The van der Waals surface area contributed by atoms with Gasteiger partial charge in [0.2, 0.25) is 5.91 Å². The number of carboxylic acid groups (broad SMARTS) is 1. The smallest absolute Gasteiger partial charge is 0.239 e. The minimum atomic E-state index is -1.19. The maximum absolute atomic E-state index is 11.4. The molecular formula is C8H13N2O3-. The highest BCUT2D eigenvalue weighted by molar-refractivity contribution is 5.86. The van der Waals surface area contributed by atoms with E-state index >= 15 is 0 Å². The Labute approximate surface area is 76.5 Å². The fraction of sp³-hybridized carbons (Fsp3) is 0.750. The molecule has 1 fully saturated rings. The lowest BCUT2D eigenvalue weighted by Crippen LogP contribution is -2.51. The van der Waals surface area contributed by atoms with E-state index in [1.165, 1.54) is 4.90 Å². The first-order valence-electron chi connectivity index (χ1n) is 4.31. The number of nitrogens with zero attached hydrogens (tertiary/aromatic N) is 1. The van der Waals surface area contributed by atoms with Gasteiger partial charge in [0.1, 0.15) is 0 Å². The van der Waals surface area contributed by atoms with E-state index in [1.54, 1.807) is 6.92 Å². The van der Waals surface area contributed by atoms with Crippen molar-refractivity contribution in [2.45, 2.75) is 31.8 Å². The number of carbonyl (C=O) groups excluding carboxylic acids is 2. The third-order valence-electron chi connectivity index (χ3n) is 2.20. The summed E-state index contributed by atoms with van der Waals surface area (Å²) in [6, 6.07) is -1.42. The number of carbonyl (C=O) groups is 2. The van der Waals surface area contributed by atoms with Crippen LogP contribution in [-0.2, 0) is 9.59 Å². The topological polar surface area (TPSA) is 86.5 Å². The van der Waals surface area contributed by atoms with Crippen LogP contribution < -0.4 is 10.8 Å². The number of rotatable bonds is 2. The standard InChI is InChI=1S/C8H14N2O3/c1-5(9)7(11)10-4-2-3-6(10)8(12)13/h5-6H,2-4,9H2,1H3,(H,12,13)/p-1. The van der Waals surface area contributed by atoms with Crippen LogP contribution in [0.1, 0.15) is 19.8 Å². The Morgan fingerprint density at radius 3 is 2.69 bits per heavy atom. The van der Waals surface area contributed by atoms with Crippen LogP contribution in [0.15, 0.2) is 0 Å². The summed E-state index contributed by atoms with van der Waals surface area (Å²) in [6.07, 6.45) is 1.18. The molecule has 1 aliphatic heterocycles. The van der Waals surface area contributed by atoms with Gasteiger partial charge in [-0.05, 0) is 19.8 Å². The first-order valence-corrected chi connectivity index (χ1v) is 4.31. The Hall–Kier alpha value is -1.10. The van der Waals surface area contributed by atoms with E-state index in [9.17, 15) is 14.7 Å². The quantitative estimate of drug-likeness (QED) is 0.543. The first-order chi connectivity index (χ1) is 6.04. The van der Waals surface area contributed by atoms with Gasteiger partial charge in [0.05, 0.1) is 18.1 Å². The maximum atomic E-state index is 11.4. The van der Waals surface area contributed by atoms with Gasteiger partial charge >= 0.3 is 0 Å². The number of hydrogen-bond donors (Lipinski definition) is 1. The van der Waals surface area contributed by atoms with Gasteiger partial charge in [0, 0.05) is 6.54 Å². The van der Waals surface area contributed by atoms with Crippen LogP contribution in [0, 0.1) is 0 Å². The predicted octanol–water partition coefficient (Wildman–Crippen LogP) is -1.93. The van der Waals surface area contributed by atoms with Gasteiger partial charge in [0.15, 0.2) is 0 Å². The molecule has 2 unspecified atom stereocenters. The highest BCUT2D eigenvalue weighted by atomic mass is 16.4. The van der Waals surface area contributed by atoms with Crippen LogP contribution in [0.25, 0.3) is 0 Å². The van der Waals surface area contributed by atoms with E-state index in [4.69, 9.17) is 5.73 Å². The van der Waals surface area contributed by atoms with Gasteiger partial charge in [-0.25, -0.2) is 0 Å². The third-order valence-corrected chi connectivity index (χ3v) is 2.20. The van der Waals surface area contributed by atoms with Crippen LogP contribution in [0.4, 0.5) is 0 Å². The van der Waals surface area contributed by atoms with Crippen molar-refractivity contribution in [1.29, 1.82) is 0 Å². The van der Waals surface area contributed by atoms with Crippen molar-refractivity contribution in [3.63, 3.8) is 0 Å². The molecule has 0 aromatic rings. The van der Waals surface area contributed by atoms with Gasteiger partial charge in [-0.15, -0.1) is 0 Å². The zero-order valence-corrected chi connectivity index (χ0v) is 7.53. The van der Waals surface area contributed by atoms with E-state index in [2.05, 4.69) is 0 Å². The summed E-state index contributed by atoms with van der Waals surface area (Å²) in [7, 11) is 0. The van der Waals surface area contributed by atoms with Gasteiger partial charge in [-0.2, -0.15) is 0 Å². The molecule has 1 amide bonds. The molecule has 1 saturated heterocycles. The molecule has 1 aliphatic rings. The number of carboxylic acids is 1. The van der Waals surface area contributed by atoms with E-state index in [0.29, 0.717) is 19.4 Å². The lowest BCUT2D eigenvalue weighted by molar-refractivity contribution is -0.310. The number of hydrogen-bond acceptors (Lipinski definition) is 4. The lowest BCUT2D eigenvalue weighted by Gasteiger charge is -2.26. The van der Waals surface area contributed by atoms with Gasteiger partial charge in [-0.3, -0.25) is 4.79 Å². The molecule has 0 bridgehead atoms. The number of nitrogens with two attached hydrogens (primary N) is 1. The minimum Gasteiger partial charge on any atom is -0.548 e. The van der Waals surface area contributed by atoms with Crippen LogP contribution in [0.2, 0.25) is 0 Å². The van der Waals surface area contributed by atoms with Crippen molar-refractivity contribution < 1.29 is 14.7 Å². The molecular weight excluding hydrogens is 172 g/mol. The third kappa shape index (κ3) is 1.98. The van der Waals surface area contributed by atoms with Gasteiger partial charge in [-0.1, -0.05) is 0 Å². The molecule has 0 aromatic heterocycles. The summed E-state index contributed by atoms with van der Waals surface area (Å²) < 4.78 is 0. The average Bonchev–Trinajstić information content (AvgIpc) is 2.50.